The molecule has 1 amide bonds. The first-order chi connectivity index (χ1) is 17.5. The van der Waals surface area contributed by atoms with E-state index < -0.39 is 17.4 Å². The van der Waals surface area contributed by atoms with E-state index in [4.69, 9.17) is 0 Å². The van der Waals surface area contributed by atoms with E-state index in [0.717, 1.165) is 56.5 Å². The zero-order chi connectivity index (χ0) is 26.1. The van der Waals surface area contributed by atoms with Gasteiger partial charge in [0.2, 0.25) is 5.91 Å². The Kier molecular flexibility index (Phi) is 5.29. The number of carbonyl (C=O) groups excluding carboxylic acids is 1. The standard InChI is InChI=1S/C29H29F4N3O/c30-28-16-26(17-28,18-28)13-24(37)36(22-3-1-2-20(12-22)14-34)19-25-6-9-27(10-7-25,11-8-25)23-5-4-21(15-35-23)29(31,32)33/h1-5,12,15H,6-11,13,16-19H2. The van der Waals surface area contributed by atoms with E-state index in [1.165, 1.54) is 6.07 Å². The maximum Gasteiger partial charge on any atom is 0.417 e. The summed E-state index contributed by atoms with van der Waals surface area (Å²) in [7, 11) is 0. The lowest BCUT2D eigenvalue weighted by Crippen LogP contribution is -2.65. The van der Waals surface area contributed by atoms with Gasteiger partial charge in [-0.1, -0.05) is 6.07 Å². The Morgan fingerprint density at radius 1 is 1.00 bits per heavy atom. The number of fused-ring (bicyclic) bond motifs is 3. The summed E-state index contributed by atoms with van der Waals surface area (Å²) in [4.78, 5) is 19.7. The summed E-state index contributed by atoms with van der Waals surface area (Å²) in [5.41, 5.74) is -0.399. The van der Waals surface area contributed by atoms with Crippen molar-refractivity contribution in [3.05, 3.63) is 59.4 Å². The molecule has 1 heterocycles. The number of carbonyl (C=O) groups is 1. The maximum atomic E-state index is 14.1. The van der Waals surface area contributed by atoms with Gasteiger partial charge in [0, 0.05) is 36.0 Å². The van der Waals surface area contributed by atoms with Crippen LogP contribution in [0.1, 0.15) is 81.0 Å². The number of nitriles is 1. The van der Waals surface area contributed by atoms with Crippen molar-refractivity contribution >= 4 is 11.6 Å². The molecule has 2 aromatic rings. The number of rotatable bonds is 6. The average molecular weight is 512 g/mol. The molecule has 4 nitrogen and oxygen atoms in total. The Balaban J connectivity index is 1.21. The van der Waals surface area contributed by atoms with Crippen LogP contribution in [0.5, 0.6) is 0 Å². The minimum absolute atomic E-state index is 0.0157. The van der Waals surface area contributed by atoms with Gasteiger partial charge < -0.3 is 4.90 Å². The number of benzene rings is 1. The molecule has 1 aromatic carbocycles. The Morgan fingerprint density at radius 3 is 2.22 bits per heavy atom. The summed E-state index contributed by atoms with van der Waals surface area (Å²) in [6.45, 7) is 0.536. The van der Waals surface area contributed by atoms with Crippen LogP contribution in [0.4, 0.5) is 23.2 Å². The Morgan fingerprint density at radius 2 is 1.68 bits per heavy atom. The zero-order valence-corrected chi connectivity index (χ0v) is 20.6. The molecular formula is C29H29F4N3O. The first-order valence-corrected chi connectivity index (χ1v) is 13.0. The molecule has 6 aliphatic carbocycles. The van der Waals surface area contributed by atoms with Gasteiger partial charge in [-0.25, -0.2) is 4.39 Å². The second kappa shape index (κ2) is 8.02. The molecule has 0 radical (unpaired) electrons. The zero-order valence-electron chi connectivity index (χ0n) is 20.6. The molecule has 8 heteroatoms. The van der Waals surface area contributed by atoms with Crippen LogP contribution in [-0.4, -0.2) is 23.1 Å². The number of hydrogen-bond donors (Lipinski definition) is 0. The highest BCUT2D eigenvalue weighted by Gasteiger charge is 2.69. The van der Waals surface area contributed by atoms with Crippen molar-refractivity contribution in [2.24, 2.45) is 10.8 Å². The molecule has 0 aliphatic heterocycles. The van der Waals surface area contributed by atoms with Gasteiger partial charge in [0.1, 0.15) is 5.67 Å². The SMILES string of the molecule is N#Cc1cccc(N(CC23CCC(c4ccc(C(F)(F)F)cn4)(CC2)CC3)C(=O)CC23CC(F)(C2)C3)c1. The van der Waals surface area contributed by atoms with E-state index in [1.807, 2.05) is 11.0 Å². The second-order valence-corrected chi connectivity index (χ2v) is 12.2. The lowest BCUT2D eigenvalue weighted by atomic mass is 9.41. The summed E-state index contributed by atoms with van der Waals surface area (Å²) in [6, 6.07) is 11.9. The predicted molar refractivity (Wildman–Crippen MR) is 129 cm³/mol. The highest BCUT2D eigenvalue weighted by Crippen LogP contribution is 2.71. The lowest BCUT2D eigenvalue weighted by molar-refractivity contribution is -0.215. The molecule has 6 saturated carbocycles. The van der Waals surface area contributed by atoms with Gasteiger partial charge in [-0.3, -0.25) is 9.78 Å². The van der Waals surface area contributed by atoms with Crippen molar-refractivity contribution in [2.45, 2.75) is 81.5 Å². The Bertz CT molecular complexity index is 1230. The summed E-state index contributed by atoms with van der Waals surface area (Å²) in [6.07, 6.45) is 3.28. The number of nitrogens with zero attached hydrogens (tertiary/aromatic N) is 3. The molecule has 6 aliphatic rings. The number of halogens is 4. The third-order valence-corrected chi connectivity index (χ3v) is 9.72. The van der Waals surface area contributed by atoms with E-state index in [0.29, 0.717) is 43.5 Å². The molecule has 1 aromatic heterocycles. The van der Waals surface area contributed by atoms with Crippen LogP contribution in [0.3, 0.4) is 0 Å². The van der Waals surface area contributed by atoms with Crippen LogP contribution in [0.25, 0.3) is 0 Å². The molecule has 8 rings (SSSR count). The highest BCUT2D eigenvalue weighted by atomic mass is 19.4. The third-order valence-electron chi connectivity index (χ3n) is 9.72. The number of anilines is 1. The molecule has 37 heavy (non-hydrogen) atoms. The van der Waals surface area contributed by atoms with E-state index >= 15 is 0 Å². The number of pyridine rings is 1. The average Bonchev–Trinajstić information content (AvgIpc) is 2.86. The third kappa shape index (κ3) is 4.11. The highest BCUT2D eigenvalue weighted by molar-refractivity contribution is 5.94. The lowest BCUT2D eigenvalue weighted by Gasteiger charge is -2.66. The molecule has 6 fully saturated rings. The first kappa shape index (κ1) is 24.4. The van der Waals surface area contributed by atoms with Crippen molar-refractivity contribution in [3.8, 4) is 6.07 Å². The summed E-state index contributed by atoms with van der Waals surface area (Å²) in [5, 5.41) is 9.41. The number of amides is 1. The van der Waals surface area contributed by atoms with Crippen LogP contribution in [0.15, 0.2) is 42.6 Å². The quantitative estimate of drug-likeness (QED) is 0.397. The van der Waals surface area contributed by atoms with Crippen molar-refractivity contribution < 1.29 is 22.4 Å². The van der Waals surface area contributed by atoms with Gasteiger partial charge in [-0.2, -0.15) is 18.4 Å². The molecule has 4 bridgehead atoms. The van der Waals surface area contributed by atoms with Crippen LogP contribution in [-0.2, 0) is 16.4 Å². The number of alkyl halides is 4. The smallest absolute Gasteiger partial charge is 0.312 e. The van der Waals surface area contributed by atoms with Crippen LogP contribution < -0.4 is 4.90 Å². The van der Waals surface area contributed by atoms with Crippen molar-refractivity contribution in [1.29, 1.82) is 5.26 Å². The van der Waals surface area contributed by atoms with Crippen molar-refractivity contribution in [3.63, 3.8) is 0 Å². The minimum atomic E-state index is -4.40. The monoisotopic (exact) mass is 511 g/mol. The van der Waals surface area contributed by atoms with E-state index in [9.17, 15) is 27.6 Å². The first-order valence-electron chi connectivity index (χ1n) is 13.0. The fourth-order valence-corrected chi connectivity index (χ4v) is 7.63. The molecule has 0 atom stereocenters. The van der Waals surface area contributed by atoms with Gasteiger partial charge in [0.05, 0.1) is 17.2 Å². The van der Waals surface area contributed by atoms with Gasteiger partial charge >= 0.3 is 6.18 Å². The fourth-order valence-electron chi connectivity index (χ4n) is 7.63. The molecule has 0 spiro atoms. The largest absolute Gasteiger partial charge is 0.417 e. The topological polar surface area (TPSA) is 57.0 Å². The number of aromatic nitrogens is 1. The molecular weight excluding hydrogens is 482 g/mol. The van der Waals surface area contributed by atoms with Gasteiger partial charge in [0.15, 0.2) is 0 Å². The molecule has 0 unspecified atom stereocenters. The van der Waals surface area contributed by atoms with E-state index in [-0.39, 0.29) is 22.2 Å². The minimum Gasteiger partial charge on any atom is -0.312 e. The predicted octanol–water partition coefficient (Wildman–Crippen LogP) is 6.88. The van der Waals surface area contributed by atoms with Crippen LogP contribution >= 0.6 is 0 Å². The summed E-state index contributed by atoms with van der Waals surface area (Å²) >= 11 is 0. The van der Waals surface area contributed by atoms with Gasteiger partial charge in [-0.05, 0) is 98.9 Å². The Hall–Kier alpha value is -2.95. The van der Waals surface area contributed by atoms with Crippen molar-refractivity contribution in [1.82, 2.24) is 4.98 Å². The normalized spacial score (nSPS) is 33.7. The van der Waals surface area contributed by atoms with Gasteiger partial charge in [0.25, 0.3) is 0 Å². The van der Waals surface area contributed by atoms with E-state index in [1.54, 1.807) is 18.2 Å². The molecule has 0 saturated heterocycles. The fraction of sp³-hybridized carbons (Fsp3) is 0.552. The van der Waals surface area contributed by atoms with Gasteiger partial charge in [-0.15, -0.1) is 0 Å². The van der Waals surface area contributed by atoms with Crippen LogP contribution in [0.2, 0.25) is 0 Å². The molecule has 194 valence electrons. The maximum absolute atomic E-state index is 14.1. The second-order valence-electron chi connectivity index (χ2n) is 12.2. The van der Waals surface area contributed by atoms with Crippen LogP contribution in [0, 0.1) is 22.2 Å². The summed E-state index contributed by atoms with van der Waals surface area (Å²) in [5.74, 6) is -0.0157. The summed E-state index contributed by atoms with van der Waals surface area (Å²) < 4.78 is 53.2. The van der Waals surface area contributed by atoms with Crippen molar-refractivity contribution in [2.75, 3.05) is 11.4 Å². The molecule has 0 N–H and O–H groups in total. The van der Waals surface area contributed by atoms with E-state index in [2.05, 4.69) is 11.1 Å². The number of hydrogen-bond acceptors (Lipinski definition) is 3. The Labute approximate surface area is 213 Å².